The molecule has 0 saturated heterocycles. The molecule has 0 aromatic heterocycles. The van der Waals surface area contributed by atoms with Crippen LogP contribution in [0.4, 0.5) is 0 Å². The van der Waals surface area contributed by atoms with Crippen LogP contribution in [0.5, 0.6) is 0 Å². The number of rotatable bonds is 13. The fourth-order valence-corrected chi connectivity index (χ4v) is 2.04. The SMILES string of the molecule is C=C(CC(NC(=O)CCC(N)C(=O)O)C(=O)O)CC(NC(=O)C(C)N)C(=O)O. The van der Waals surface area contributed by atoms with Gasteiger partial charge in [0.1, 0.15) is 18.1 Å². The lowest BCUT2D eigenvalue weighted by atomic mass is 10.00. The van der Waals surface area contributed by atoms with E-state index >= 15 is 0 Å². The molecule has 0 aliphatic carbocycles. The van der Waals surface area contributed by atoms with Crippen molar-refractivity contribution in [2.45, 2.75) is 56.8 Å². The lowest BCUT2D eigenvalue weighted by Gasteiger charge is -2.20. The van der Waals surface area contributed by atoms with Crippen LogP contribution in [0, 0.1) is 0 Å². The molecule has 0 rings (SSSR count). The summed E-state index contributed by atoms with van der Waals surface area (Å²) in [4.78, 5) is 56.6. The lowest BCUT2D eigenvalue weighted by Crippen LogP contribution is -2.47. The predicted octanol–water partition coefficient (Wildman–Crippen LogP) is -2.00. The maximum Gasteiger partial charge on any atom is 0.326 e. The zero-order valence-corrected chi connectivity index (χ0v) is 15.4. The smallest absolute Gasteiger partial charge is 0.326 e. The van der Waals surface area contributed by atoms with Gasteiger partial charge in [-0.2, -0.15) is 0 Å². The van der Waals surface area contributed by atoms with Crippen LogP contribution in [0.1, 0.15) is 32.6 Å². The summed E-state index contributed by atoms with van der Waals surface area (Å²) in [7, 11) is 0. The molecule has 0 heterocycles. The normalized spacial score (nSPS) is 14.8. The number of hydrogen-bond donors (Lipinski definition) is 7. The van der Waals surface area contributed by atoms with Crippen LogP contribution in [0.25, 0.3) is 0 Å². The van der Waals surface area contributed by atoms with Gasteiger partial charge in [-0.05, 0) is 26.2 Å². The van der Waals surface area contributed by atoms with Gasteiger partial charge in [-0.3, -0.25) is 14.4 Å². The molecule has 12 heteroatoms. The molecule has 0 aliphatic rings. The molecular formula is C16H26N4O8. The number of nitrogens with two attached hydrogens (primary N) is 2. The van der Waals surface area contributed by atoms with Gasteiger partial charge in [-0.1, -0.05) is 12.2 Å². The van der Waals surface area contributed by atoms with E-state index in [0.717, 1.165) is 0 Å². The molecule has 0 spiro atoms. The van der Waals surface area contributed by atoms with Crippen LogP contribution < -0.4 is 22.1 Å². The van der Waals surface area contributed by atoms with E-state index in [0.29, 0.717) is 0 Å². The minimum Gasteiger partial charge on any atom is -0.480 e. The van der Waals surface area contributed by atoms with Crippen molar-refractivity contribution in [3.63, 3.8) is 0 Å². The molecule has 4 atom stereocenters. The second-order valence-electron chi connectivity index (χ2n) is 6.29. The number of carbonyl (C=O) groups is 5. The van der Waals surface area contributed by atoms with E-state index in [1.807, 2.05) is 0 Å². The van der Waals surface area contributed by atoms with Gasteiger partial charge in [0.25, 0.3) is 0 Å². The van der Waals surface area contributed by atoms with Crippen molar-refractivity contribution in [2.24, 2.45) is 11.5 Å². The molecule has 0 radical (unpaired) electrons. The molecule has 0 aliphatic heterocycles. The van der Waals surface area contributed by atoms with Gasteiger partial charge in [-0.25, -0.2) is 9.59 Å². The van der Waals surface area contributed by atoms with Crippen molar-refractivity contribution in [2.75, 3.05) is 0 Å². The summed E-state index contributed by atoms with van der Waals surface area (Å²) in [6, 6.07) is -4.95. The minimum absolute atomic E-state index is 0.160. The third-order valence-corrected chi connectivity index (χ3v) is 3.65. The molecule has 28 heavy (non-hydrogen) atoms. The quantitative estimate of drug-likeness (QED) is 0.168. The Bertz CT molecular complexity index is 634. The summed E-state index contributed by atoms with van der Waals surface area (Å²) < 4.78 is 0. The van der Waals surface area contributed by atoms with Gasteiger partial charge in [0, 0.05) is 6.42 Å². The number of nitrogens with one attached hydrogen (secondary N) is 2. The summed E-state index contributed by atoms with van der Waals surface area (Å²) in [6.07, 6.45) is -1.04. The molecule has 0 bridgehead atoms. The maximum atomic E-state index is 11.8. The Morgan fingerprint density at radius 1 is 0.893 bits per heavy atom. The molecule has 158 valence electrons. The van der Waals surface area contributed by atoms with Crippen molar-refractivity contribution in [1.82, 2.24) is 10.6 Å². The molecule has 0 aromatic rings. The van der Waals surface area contributed by atoms with Crippen molar-refractivity contribution in [3.8, 4) is 0 Å². The number of aliphatic carboxylic acids is 3. The van der Waals surface area contributed by atoms with E-state index in [2.05, 4.69) is 17.2 Å². The number of amides is 2. The van der Waals surface area contributed by atoms with Crippen molar-refractivity contribution in [1.29, 1.82) is 0 Å². The van der Waals surface area contributed by atoms with Crippen molar-refractivity contribution < 1.29 is 39.3 Å². The molecule has 9 N–H and O–H groups in total. The Balaban J connectivity index is 4.81. The van der Waals surface area contributed by atoms with Crippen LogP contribution in [-0.4, -0.2) is 69.2 Å². The Kier molecular flexibility index (Phi) is 10.4. The van der Waals surface area contributed by atoms with E-state index in [-0.39, 0.29) is 31.3 Å². The number of carboxylic acids is 3. The van der Waals surface area contributed by atoms with Crippen molar-refractivity contribution in [3.05, 3.63) is 12.2 Å². The van der Waals surface area contributed by atoms with E-state index < -0.39 is 53.9 Å². The van der Waals surface area contributed by atoms with Crippen molar-refractivity contribution >= 4 is 29.7 Å². The summed E-state index contributed by atoms with van der Waals surface area (Å²) >= 11 is 0. The first-order chi connectivity index (χ1) is 12.8. The van der Waals surface area contributed by atoms with E-state index in [9.17, 15) is 29.1 Å². The third kappa shape index (κ3) is 9.64. The van der Waals surface area contributed by atoms with Gasteiger partial charge < -0.3 is 37.4 Å². The highest BCUT2D eigenvalue weighted by Crippen LogP contribution is 2.12. The second-order valence-corrected chi connectivity index (χ2v) is 6.29. The molecule has 0 fully saturated rings. The average Bonchev–Trinajstić information content (AvgIpc) is 2.57. The fraction of sp³-hybridized carbons (Fsp3) is 0.562. The topological polar surface area (TPSA) is 222 Å². The lowest BCUT2D eigenvalue weighted by molar-refractivity contribution is -0.142. The van der Waals surface area contributed by atoms with Gasteiger partial charge in [0.05, 0.1) is 6.04 Å². The summed E-state index contributed by atoms with van der Waals surface area (Å²) in [6.45, 7) is 4.97. The van der Waals surface area contributed by atoms with Crippen LogP contribution in [-0.2, 0) is 24.0 Å². The second kappa shape index (κ2) is 11.7. The largest absolute Gasteiger partial charge is 0.480 e. The first-order valence-corrected chi connectivity index (χ1v) is 8.31. The first kappa shape index (κ1) is 25.0. The monoisotopic (exact) mass is 402 g/mol. The third-order valence-electron chi connectivity index (χ3n) is 3.65. The highest BCUT2D eigenvalue weighted by Gasteiger charge is 2.26. The summed E-state index contributed by atoms with van der Waals surface area (Å²) in [5, 5.41) is 31.5. The summed E-state index contributed by atoms with van der Waals surface area (Å²) in [5.41, 5.74) is 10.8. The molecule has 12 nitrogen and oxygen atoms in total. The highest BCUT2D eigenvalue weighted by molar-refractivity contribution is 5.87. The van der Waals surface area contributed by atoms with Gasteiger partial charge >= 0.3 is 17.9 Å². The maximum absolute atomic E-state index is 11.8. The Hall–Kier alpha value is -2.99. The van der Waals surface area contributed by atoms with E-state index in [1.54, 1.807) is 0 Å². The Morgan fingerprint density at radius 3 is 1.75 bits per heavy atom. The molecule has 0 saturated carbocycles. The number of carbonyl (C=O) groups excluding carboxylic acids is 2. The fourth-order valence-electron chi connectivity index (χ4n) is 2.04. The van der Waals surface area contributed by atoms with Gasteiger partial charge in [-0.15, -0.1) is 0 Å². The number of hydrogen-bond acceptors (Lipinski definition) is 7. The highest BCUT2D eigenvalue weighted by atomic mass is 16.4. The standard InChI is InChI=1S/C16H26N4O8/c1-7(6-11(16(27)28)20-13(22)8(2)17)5-10(15(25)26)19-12(21)4-3-9(18)14(23)24/h8-11H,1,3-6,17-18H2,2H3,(H,19,21)(H,20,22)(H,23,24)(H,25,26)(H,27,28). The summed E-state index contributed by atoms with van der Waals surface area (Å²) in [5.74, 6) is -5.45. The van der Waals surface area contributed by atoms with E-state index in [4.69, 9.17) is 21.7 Å². The zero-order valence-electron chi connectivity index (χ0n) is 15.4. The molecular weight excluding hydrogens is 376 g/mol. The average molecular weight is 402 g/mol. The molecule has 2 amide bonds. The zero-order chi connectivity index (χ0) is 22.0. The van der Waals surface area contributed by atoms with Crippen LogP contribution in [0.15, 0.2) is 12.2 Å². The first-order valence-electron chi connectivity index (χ1n) is 8.31. The molecule has 4 unspecified atom stereocenters. The van der Waals surface area contributed by atoms with E-state index in [1.165, 1.54) is 6.92 Å². The number of carboxylic acid groups (broad SMARTS) is 3. The Labute approximate surface area is 160 Å². The van der Waals surface area contributed by atoms with Crippen LogP contribution >= 0.6 is 0 Å². The van der Waals surface area contributed by atoms with Gasteiger partial charge in [0.2, 0.25) is 11.8 Å². The molecule has 0 aromatic carbocycles. The van der Waals surface area contributed by atoms with Crippen LogP contribution in [0.3, 0.4) is 0 Å². The minimum atomic E-state index is -1.40. The Morgan fingerprint density at radius 2 is 1.36 bits per heavy atom. The van der Waals surface area contributed by atoms with Gasteiger partial charge in [0.15, 0.2) is 0 Å². The van der Waals surface area contributed by atoms with Crippen LogP contribution in [0.2, 0.25) is 0 Å². The predicted molar refractivity (Wildman–Crippen MR) is 96.0 cm³/mol.